The molecule has 30 heavy (non-hydrogen) atoms. The molecule has 0 aliphatic rings. The van der Waals surface area contributed by atoms with E-state index in [0.29, 0.717) is 27.8 Å². The molecule has 1 amide bonds. The van der Waals surface area contributed by atoms with Crippen LogP contribution in [0, 0.1) is 19.7 Å². The molecule has 1 N–H and O–H groups in total. The molecule has 0 spiro atoms. The van der Waals surface area contributed by atoms with E-state index < -0.39 is 11.9 Å². The van der Waals surface area contributed by atoms with Gasteiger partial charge in [-0.15, -0.1) is 0 Å². The standard InChI is InChI=1S/C23H21FN4O2/c1-14-20-13-25-28(19-10-5-4-6-11-19)23(30)21(20)15(2)27(14)16(3)22(29)26-18-9-7-8-17(24)12-18/h4-13,16H,1-3H3,(H,26,29)/t16-/m0/s1. The fourth-order valence-electron chi connectivity index (χ4n) is 3.84. The highest BCUT2D eigenvalue weighted by Gasteiger charge is 2.23. The molecule has 1 atom stereocenters. The van der Waals surface area contributed by atoms with Crippen LogP contribution in [0.2, 0.25) is 0 Å². The van der Waals surface area contributed by atoms with Crippen molar-refractivity contribution in [3.63, 3.8) is 0 Å². The Bertz CT molecular complexity index is 1310. The van der Waals surface area contributed by atoms with Gasteiger partial charge in [0.15, 0.2) is 0 Å². The smallest absolute Gasteiger partial charge is 0.281 e. The molecule has 0 unspecified atom stereocenters. The maximum Gasteiger partial charge on any atom is 0.281 e. The third-order valence-corrected chi connectivity index (χ3v) is 5.31. The summed E-state index contributed by atoms with van der Waals surface area (Å²) in [5.41, 5.74) is 2.27. The van der Waals surface area contributed by atoms with Crippen LogP contribution in [0.1, 0.15) is 24.4 Å². The number of nitrogens with zero attached hydrogens (tertiary/aromatic N) is 3. The molecule has 0 saturated heterocycles. The van der Waals surface area contributed by atoms with E-state index in [4.69, 9.17) is 0 Å². The minimum Gasteiger partial charge on any atom is -0.336 e. The summed E-state index contributed by atoms with van der Waals surface area (Å²) in [6.07, 6.45) is 1.65. The molecular formula is C23H21FN4O2. The number of carbonyl (C=O) groups excluding carboxylic acids is 1. The van der Waals surface area contributed by atoms with Crippen molar-refractivity contribution in [2.45, 2.75) is 26.8 Å². The van der Waals surface area contributed by atoms with Crippen LogP contribution in [0.5, 0.6) is 0 Å². The highest BCUT2D eigenvalue weighted by molar-refractivity contribution is 5.95. The number of benzene rings is 2. The topological polar surface area (TPSA) is 68.9 Å². The first-order valence-electron chi connectivity index (χ1n) is 9.59. The van der Waals surface area contributed by atoms with E-state index in [1.807, 2.05) is 48.7 Å². The summed E-state index contributed by atoms with van der Waals surface area (Å²) < 4.78 is 16.6. The summed E-state index contributed by atoms with van der Waals surface area (Å²) >= 11 is 0. The van der Waals surface area contributed by atoms with Gasteiger partial charge in [-0.05, 0) is 51.1 Å². The summed E-state index contributed by atoms with van der Waals surface area (Å²) in [5.74, 6) is -0.726. The quantitative estimate of drug-likeness (QED) is 0.556. The number of hydrogen-bond donors (Lipinski definition) is 1. The SMILES string of the molecule is Cc1c2cnn(-c3ccccc3)c(=O)c2c(C)n1[C@@H](C)C(=O)Nc1cccc(F)c1. The molecule has 0 aliphatic heterocycles. The third-order valence-electron chi connectivity index (χ3n) is 5.31. The number of halogens is 1. The molecule has 4 aromatic rings. The van der Waals surface area contributed by atoms with E-state index in [9.17, 15) is 14.0 Å². The minimum atomic E-state index is -0.606. The molecule has 2 aromatic carbocycles. The zero-order valence-corrected chi connectivity index (χ0v) is 16.9. The molecular weight excluding hydrogens is 383 g/mol. The van der Waals surface area contributed by atoms with Gasteiger partial charge in [0.05, 0.1) is 17.3 Å². The number of para-hydroxylation sites is 1. The lowest BCUT2D eigenvalue weighted by Gasteiger charge is -2.18. The molecule has 6 nitrogen and oxygen atoms in total. The van der Waals surface area contributed by atoms with Crippen LogP contribution >= 0.6 is 0 Å². The highest BCUT2D eigenvalue weighted by atomic mass is 19.1. The molecule has 0 bridgehead atoms. The van der Waals surface area contributed by atoms with Gasteiger partial charge < -0.3 is 9.88 Å². The lowest BCUT2D eigenvalue weighted by molar-refractivity contribution is -0.118. The Labute approximate surface area is 172 Å². The second-order valence-electron chi connectivity index (χ2n) is 7.20. The van der Waals surface area contributed by atoms with Gasteiger partial charge in [-0.2, -0.15) is 9.78 Å². The van der Waals surface area contributed by atoms with Gasteiger partial charge in [0.1, 0.15) is 11.9 Å². The first-order chi connectivity index (χ1) is 14.4. The van der Waals surface area contributed by atoms with E-state index >= 15 is 0 Å². The van der Waals surface area contributed by atoms with Crippen LogP contribution in [-0.2, 0) is 4.79 Å². The second-order valence-corrected chi connectivity index (χ2v) is 7.20. The van der Waals surface area contributed by atoms with Crippen molar-refractivity contribution >= 4 is 22.4 Å². The molecule has 0 radical (unpaired) electrons. The summed E-state index contributed by atoms with van der Waals surface area (Å²) in [5, 5.41) is 8.28. The van der Waals surface area contributed by atoms with E-state index in [0.717, 1.165) is 5.69 Å². The fourth-order valence-corrected chi connectivity index (χ4v) is 3.84. The molecule has 0 aliphatic carbocycles. The normalized spacial score (nSPS) is 12.1. The summed E-state index contributed by atoms with van der Waals surface area (Å²) in [4.78, 5) is 26.0. The second kappa shape index (κ2) is 7.59. The molecule has 4 rings (SSSR count). The molecule has 2 heterocycles. The van der Waals surface area contributed by atoms with E-state index in [1.54, 1.807) is 19.2 Å². The predicted molar refractivity (Wildman–Crippen MR) is 115 cm³/mol. The van der Waals surface area contributed by atoms with Gasteiger partial charge in [-0.3, -0.25) is 9.59 Å². The molecule has 7 heteroatoms. The average molecular weight is 404 g/mol. The van der Waals surface area contributed by atoms with Crippen LogP contribution in [0.4, 0.5) is 10.1 Å². The molecule has 0 saturated carbocycles. The number of nitrogens with one attached hydrogen (secondary N) is 1. The molecule has 0 fully saturated rings. The van der Waals surface area contributed by atoms with Crippen molar-refractivity contribution in [2.75, 3.05) is 5.32 Å². The molecule has 152 valence electrons. The Hall–Kier alpha value is -3.74. The zero-order chi connectivity index (χ0) is 21.4. The average Bonchev–Trinajstić information content (AvgIpc) is 2.99. The monoisotopic (exact) mass is 404 g/mol. The van der Waals surface area contributed by atoms with Crippen molar-refractivity contribution in [1.29, 1.82) is 0 Å². The number of carbonyl (C=O) groups is 1. The van der Waals surface area contributed by atoms with Gasteiger partial charge in [0, 0.05) is 22.5 Å². The van der Waals surface area contributed by atoms with E-state index in [2.05, 4.69) is 10.4 Å². The lowest BCUT2D eigenvalue weighted by atomic mass is 10.2. The summed E-state index contributed by atoms with van der Waals surface area (Å²) in [7, 11) is 0. The number of amides is 1. The fraction of sp³-hybridized carbons (Fsp3) is 0.174. The van der Waals surface area contributed by atoms with Gasteiger partial charge >= 0.3 is 0 Å². The third kappa shape index (κ3) is 3.28. The van der Waals surface area contributed by atoms with Crippen LogP contribution in [-0.4, -0.2) is 20.3 Å². The van der Waals surface area contributed by atoms with Crippen molar-refractivity contribution in [3.05, 3.63) is 88.4 Å². The largest absolute Gasteiger partial charge is 0.336 e. The number of anilines is 1. The number of rotatable bonds is 4. The summed E-state index contributed by atoms with van der Waals surface area (Å²) in [6, 6.07) is 14.3. The first-order valence-corrected chi connectivity index (χ1v) is 9.59. The predicted octanol–water partition coefficient (Wildman–Crippen LogP) is 4.14. The van der Waals surface area contributed by atoms with Crippen molar-refractivity contribution in [1.82, 2.24) is 14.3 Å². The number of fused-ring (bicyclic) bond motifs is 1. The van der Waals surface area contributed by atoms with Crippen molar-refractivity contribution in [3.8, 4) is 5.69 Å². The van der Waals surface area contributed by atoms with Crippen LogP contribution in [0.25, 0.3) is 16.5 Å². The highest BCUT2D eigenvalue weighted by Crippen LogP contribution is 2.27. The Morgan fingerprint density at radius 2 is 1.80 bits per heavy atom. The maximum absolute atomic E-state index is 13.4. The Balaban J connectivity index is 1.77. The molecule has 2 aromatic heterocycles. The van der Waals surface area contributed by atoms with Gasteiger partial charge in [-0.1, -0.05) is 24.3 Å². The zero-order valence-electron chi connectivity index (χ0n) is 16.9. The maximum atomic E-state index is 13.4. The van der Waals surface area contributed by atoms with Crippen LogP contribution in [0.3, 0.4) is 0 Å². The number of hydrogen-bond acceptors (Lipinski definition) is 3. The Morgan fingerprint density at radius 1 is 1.07 bits per heavy atom. The Morgan fingerprint density at radius 3 is 2.50 bits per heavy atom. The number of aryl methyl sites for hydroxylation is 2. The van der Waals surface area contributed by atoms with E-state index in [-0.39, 0.29) is 11.5 Å². The Kier molecular flexibility index (Phi) is 4.95. The van der Waals surface area contributed by atoms with Crippen LogP contribution in [0.15, 0.2) is 65.6 Å². The van der Waals surface area contributed by atoms with Gasteiger partial charge in [-0.25, -0.2) is 4.39 Å². The van der Waals surface area contributed by atoms with Crippen LogP contribution < -0.4 is 10.9 Å². The van der Waals surface area contributed by atoms with E-state index in [1.165, 1.54) is 22.9 Å². The lowest BCUT2D eigenvalue weighted by Crippen LogP contribution is -2.25. The first kappa shape index (κ1) is 19.6. The van der Waals surface area contributed by atoms with Gasteiger partial charge in [0.2, 0.25) is 5.91 Å². The number of aromatic nitrogens is 3. The minimum absolute atomic E-state index is 0.240. The summed E-state index contributed by atoms with van der Waals surface area (Å²) in [6.45, 7) is 5.42. The van der Waals surface area contributed by atoms with Crippen molar-refractivity contribution < 1.29 is 9.18 Å². The van der Waals surface area contributed by atoms with Gasteiger partial charge in [0.25, 0.3) is 5.56 Å². The van der Waals surface area contributed by atoms with Crippen molar-refractivity contribution in [2.24, 2.45) is 0 Å².